The Labute approximate surface area is 146 Å². The molecule has 1 aromatic carbocycles. The number of nitrogens with one attached hydrogen (secondary N) is 1. The molecule has 0 saturated heterocycles. The zero-order chi connectivity index (χ0) is 16.8. The summed E-state index contributed by atoms with van der Waals surface area (Å²) >= 11 is 13.4. The molecule has 0 aliphatic rings. The second kappa shape index (κ2) is 9.19. The molecule has 1 aromatic rings. The van der Waals surface area contributed by atoms with Crippen LogP contribution in [0.1, 0.15) is 27.2 Å². The summed E-state index contributed by atoms with van der Waals surface area (Å²) in [5, 5.41) is 4.27. The van der Waals surface area contributed by atoms with Crippen molar-refractivity contribution >= 4 is 53.3 Å². The van der Waals surface area contributed by atoms with Crippen molar-refractivity contribution in [2.45, 2.75) is 32.4 Å². The topological polar surface area (TPSA) is 44.7 Å². The van der Waals surface area contributed by atoms with Crippen molar-refractivity contribution in [2.75, 3.05) is 13.6 Å². The first-order valence-electron chi connectivity index (χ1n) is 7.10. The minimum absolute atomic E-state index is 0.292. The van der Waals surface area contributed by atoms with Crippen LogP contribution in [0.15, 0.2) is 23.2 Å². The number of hydrogen-bond donors (Lipinski definition) is 1. The van der Waals surface area contributed by atoms with Crippen LogP contribution in [0.2, 0.25) is 10.0 Å². The summed E-state index contributed by atoms with van der Waals surface area (Å²) in [6.45, 7) is 3.90. The van der Waals surface area contributed by atoms with Gasteiger partial charge in [0.05, 0.1) is 17.0 Å². The highest BCUT2D eigenvalue weighted by Gasteiger charge is 2.28. The number of halogens is 2. The molecule has 22 heavy (non-hydrogen) atoms. The summed E-state index contributed by atoms with van der Waals surface area (Å²) in [5.74, 6) is 0. The Hall–Kier alpha value is -0.190. The highest BCUT2D eigenvalue weighted by atomic mass is 35.5. The van der Waals surface area contributed by atoms with E-state index in [9.17, 15) is 4.57 Å². The molecule has 0 aliphatic heterocycles. The summed E-state index contributed by atoms with van der Waals surface area (Å²) in [4.78, 5) is 4.35. The lowest BCUT2D eigenvalue weighted by molar-refractivity contribution is 0.535. The molecule has 1 N–H and O–H groups in total. The van der Waals surface area contributed by atoms with Gasteiger partial charge in [0.25, 0.3) is 6.65 Å². The smallest absolute Gasteiger partial charge is 0.293 e. The monoisotopic (exact) mass is 381 g/mol. The second-order valence-electron chi connectivity index (χ2n) is 4.66. The first kappa shape index (κ1) is 19.9. The van der Waals surface area contributed by atoms with Crippen LogP contribution in [0.5, 0.6) is 0 Å². The lowest BCUT2D eigenvalue weighted by Crippen LogP contribution is -2.24. The lowest BCUT2D eigenvalue weighted by atomic mass is 10.3. The molecule has 0 amide bonds. The van der Waals surface area contributed by atoms with Crippen LogP contribution in [0.4, 0.5) is 5.69 Å². The highest BCUT2D eigenvalue weighted by Crippen LogP contribution is 2.59. The van der Waals surface area contributed by atoms with E-state index in [1.54, 1.807) is 36.3 Å². The zero-order valence-electron chi connectivity index (χ0n) is 13.2. The maximum Gasteiger partial charge on any atom is 0.293 e. The van der Waals surface area contributed by atoms with E-state index in [1.807, 2.05) is 6.92 Å². The van der Waals surface area contributed by atoms with Gasteiger partial charge in [-0.3, -0.25) is 9.24 Å². The first-order chi connectivity index (χ1) is 10.4. The van der Waals surface area contributed by atoms with Gasteiger partial charge in [0.1, 0.15) is 0 Å². The zero-order valence-corrected chi connectivity index (χ0v) is 16.4. The van der Waals surface area contributed by atoms with Gasteiger partial charge in [-0.15, -0.1) is 0 Å². The van der Waals surface area contributed by atoms with Crippen molar-refractivity contribution in [1.82, 2.24) is 9.76 Å². The van der Waals surface area contributed by atoms with Crippen LogP contribution in [0, 0.1) is 0 Å². The molecular formula is C14H22Cl2N3OPS. The Kier molecular flexibility index (Phi) is 8.29. The predicted molar refractivity (Wildman–Crippen MR) is 101 cm³/mol. The molecule has 4 nitrogen and oxygen atoms in total. The van der Waals surface area contributed by atoms with Gasteiger partial charge in [-0.1, -0.05) is 48.4 Å². The van der Waals surface area contributed by atoms with E-state index in [0.717, 1.165) is 6.42 Å². The van der Waals surface area contributed by atoms with E-state index >= 15 is 0 Å². The van der Waals surface area contributed by atoms with Gasteiger partial charge in [-0.05, 0) is 38.6 Å². The second-order valence-corrected chi connectivity index (χ2v) is 10.6. The Morgan fingerprint density at radius 3 is 2.64 bits per heavy atom. The molecule has 0 saturated carbocycles. The Balaban J connectivity index is 2.99. The van der Waals surface area contributed by atoms with Gasteiger partial charge in [0.2, 0.25) is 0 Å². The summed E-state index contributed by atoms with van der Waals surface area (Å²) in [6.07, 6.45) is 2.54. The third-order valence-corrected chi connectivity index (χ3v) is 9.34. The average Bonchev–Trinajstić information content (AvgIpc) is 2.49. The maximum absolute atomic E-state index is 13.1. The van der Waals surface area contributed by atoms with E-state index in [4.69, 9.17) is 23.2 Å². The van der Waals surface area contributed by atoms with Gasteiger partial charge in [0.15, 0.2) is 0 Å². The first-order valence-corrected chi connectivity index (χ1v) is 11.0. The quantitative estimate of drug-likeness (QED) is 0.349. The van der Waals surface area contributed by atoms with Crippen molar-refractivity contribution in [3.05, 3.63) is 28.2 Å². The minimum atomic E-state index is -2.76. The van der Waals surface area contributed by atoms with Crippen LogP contribution in [0.3, 0.4) is 0 Å². The van der Waals surface area contributed by atoms with Crippen molar-refractivity contribution in [3.63, 3.8) is 0 Å². The normalized spacial score (nSPS) is 15.7. The van der Waals surface area contributed by atoms with E-state index < -0.39 is 6.65 Å². The average molecular weight is 382 g/mol. The molecule has 0 aromatic heterocycles. The van der Waals surface area contributed by atoms with Crippen LogP contribution < -0.4 is 5.09 Å². The summed E-state index contributed by atoms with van der Waals surface area (Å²) in [5.41, 5.74) is 0.598. The standard InChI is InChI=1S/C14H22Cl2N3OPS/c1-5-11(3)22-21(20,17-4)19(6-2)10-18-14-8-7-12(15)9-13(14)16/h7-11H,5-6H2,1-4H3,(H,17,20). The molecular weight excluding hydrogens is 360 g/mol. The Morgan fingerprint density at radius 1 is 1.45 bits per heavy atom. The molecule has 0 heterocycles. The number of rotatable bonds is 8. The molecule has 0 aliphatic carbocycles. The Morgan fingerprint density at radius 2 is 2.14 bits per heavy atom. The molecule has 8 heteroatoms. The van der Waals surface area contributed by atoms with E-state index in [1.165, 1.54) is 11.4 Å². The fourth-order valence-corrected chi connectivity index (χ4v) is 6.81. The summed E-state index contributed by atoms with van der Waals surface area (Å²) < 4.78 is 14.8. The maximum atomic E-state index is 13.1. The van der Waals surface area contributed by atoms with Crippen molar-refractivity contribution < 1.29 is 4.57 Å². The van der Waals surface area contributed by atoms with E-state index in [0.29, 0.717) is 27.5 Å². The Bertz CT molecular complexity index is 571. The lowest BCUT2D eigenvalue weighted by Gasteiger charge is -2.29. The van der Waals surface area contributed by atoms with Crippen LogP contribution in [-0.2, 0) is 4.57 Å². The molecule has 1 rings (SSSR count). The van der Waals surface area contributed by atoms with Gasteiger partial charge in [-0.25, -0.2) is 10.1 Å². The predicted octanol–water partition coefficient (Wildman–Crippen LogP) is 5.83. The van der Waals surface area contributed by atoms with Gasteiger partial charge >= 0.3 is 0 Å². The molecule has 124 valence electrons. The van der Waals surface area contributed by atoms with Gasteiger partial charge < -0.3 is 0 Å². The van der Waals surface area contributed by atoms with Crippen LogP contribution in [0.25, 0.3) is 0 Å². The van der Waals surface area contributed by atoms with E-state index in [-0.39, 0.29) is 0 Å². The van der Waals surface area contributed by atoms with Crippen LogP contribution >= 0.6 is 41.2 Å². The van der Waals surface area contributed by atoms with Crippen molar-refractivity contribution in [3.8, 4) is 0 Å². The number of aliphatic imine (C=N–C) groups is 1. The number of nitrogens with zero attached hydrogens (tertiary/aromatic N) is 2. The third-order valence-electron chi connectivity index (χ3n) is 3.08. The van der Waals surface area contributed by atoms with Gasteiger partial charge in [0, 0.05) is 16.8 Å². The number of benzene rings is 1. The minimum Gasteiger partial charge on any atom is -0.294 e. The van der Waals surface area contributed by atoms with Crippen LogP contribution in [-0.4, -0.2) is 29.9 Å². The summed E-state index contributed by atoms with van der Waals surface area (Å²) in [7, 11) is 1.71. The fraction of sp³-hybridized carbons (Fsp3) is 0.500. The van der Waals surface area contributed by atoms with Crippen molar-refractivity contribution in [2.24, 2.45) is 4.99 Å². The molecule has 0 bridgehead atoms. The summed E-state index contributed by atoms with van der Waals surface area (Å²) in [6, 6.07) is 5.10. The highest BCUT2D eigenvalue weighted by molar-refractivity contribution is 8.57. The molecule has 0 radical (unpaired) electrons. The SMILES string of the molecule is CCC(C)SP(=O)(NC)N(C=Nc1ccc(Cl)cc1Cl)CC. The third kappa shape index (κ3) is 5.47. The van der Waals surface area contributed by atoms with Crippen molar-refractivity contribution in [1.29, 1.82) is 0 Å². The molecule has 2 atom stereocenters. The largest absolute Gasteiger partial charge is 0.294 e. The van der Waals surface area contributed by atoms with Gasteiger partial charge in [-0.2, -0.15) is 0 Å². The molecule has 2 unspecified atom stereocenters. The molecule has 0 fully saturated rings. The number of hydrogen-bond acceptors (Lipinski definition) is 3. The molecule has 0 spiro atoms. The van der Waals surface area contributed by atoms with E-state index in [2.05, 4.69) is 23.9 Å². The fourth-order valence-electron chi connectivity index (χ4n) is 1.61.